The number of amides is 1. The van der Waals surface area contributed by atoms with Gasteiger partial charge in [0.1, 0.15) is 0 Å². The Bertz CT molecular complexity index is 532. The van der Waals surface area contributed by atoms with Gasteiger partial charge in [-0.05, 0) is 25.5 Å². The first kappa shape index (κ1) is 15.7. The zero-order chi connectivity index (χ0) is 15.4. The van der Waals surface area contributed by atoms with E-state index in [0.717, 1.165) is 12.8 Å². The maximum absolute atomic E-state index is 12.1. The van der Waals surface area contributed by atoms with E-state index in [9.17, 15) is 9.59 Å². The topological polar surface area (TPSA) is 82.5 Å². The number of halogens is 1. The number of rotatable bonds is 6. The number of nitrogens with zero attached hydrogens (tertiary/aromatic N) is 2. The Morgan fingerprint density at radius 3 is 2.81 bits per heavy atom. The number of hydrogen-bond donors (Lipinski definition) is 2. The molecule has 6 nitrogen and oxygen atoms in total. The summed E-state index contributed by atoms with van der Waals surface area (Å²) in [6.45, 7) is 2.66. The summed E-state index contributed by atoms with van der Waals surface area (Å²) >= 11 is 5.93. The molecule has 0 unspecified atom stereocenters. The van der Waals surface area contributed by atoms with Crippen LogP contribution in [0.1, 0.15) is 30.1 Å². The van der Waals surface area contributed by atoms with Crippen LogP contribution in [0.15, 0.2) is 18.5 Å². The van der Waals surface area contributed by atoms with Crippen molar-refractivity contribution in [3.8, 4) is 0 Å². The van der Waals surface area contributed by atoms with Crippen molar-refractivity contribution < 1.29 is 14.7 Å². The van der Waals surface area contributed by atoms with Crippen LogP contribution in [0.4, 0.5) is 0 Å². The van der Waals surface area contributed by atoms with Crippen LogP contribution < -0.4 is 5.32 Å². The summed E-state index contributed by atoms with van der Waals surface area (Å²) in [4.78, 5) is 28.6. The van der Waals surface area contributed by atoms with E-state index in [1.807, 2.05) is 11.8 Å². The second kappa shape index (κ2) is 6.87. The van der Waals surface area contributed by atoms with Gasteiger partial charge in [0.2, 0.25) is 0 Å². The van der Waals surface area contributed by atoms with E-state index in [4.69, 9.17) is 16.7 Å². The number of likely N-dealkylation sites (N-methyl/N-ethyl adjacent to an activating group) is 1. The highest BCUT2D eigenvalue weighted by molar-refractivity contribution is 6.33. The highest BCUT2D eigenvalue weighted by Crippen LogP contribution is 2.26. The Hall–Kier alpha value is -1.66. The number of carbonyl (C=O) groups is 2. The third-order valence-electron chi connectivity index (χ3n) is 3.73. The van der Waals surface area contributed by atoms with E-state index < -0.39 is 5.97 Å². The molecule has 2 rings (SSSR count). The molecule has 1 amide bonds. The van der Waals surface area contributed by atoms with Crippen LogP contribution in [-0.4, -0.2) is 52.0 Å². The number of aliphatic carboxylic acids is 1. The molecule has 114 valence electrons. The lowest BCUT2D eigenvalue weighted by Crippen LogP contribution is -2.54. The van der Waals surface area contributed by atoms with Crippen LogP contribution in [0.3, 0.4) is 0 Å². The van der Waals surface area contributed by atoms with Gasteiger partial charge in [-0.1, -0.05) is 18.5 Å². The lowest BCUT2D eigenvalue weighted by atomic mass is 9.85. The number of carboxylic acids is 1. The lowest BCUT2D eigenvalue weighted by Gasteiger charge is -2.42. The van der Waals surface area contributed by atoms with Crippen LogP contribution in [0, 0.1) is 0 Å². The predicted octanol–water partition coefficient (Wildman–Crippen LogP) is 1.40. The van der Waals surface area contributed by atoms with Crippen LogP contribution in [0.25, 0.3) is 0 Å². The molecule has 0 radical (unpaired) electrons. The van der Waals surface area contributed by atoms with Crippen molar-refractivity contribution in [2.24, 2.45) is 0 Å². The maximum Gasteiger partial charge on any atom is 0.317 e. The summed E-state index contributed by atoms with van der Waals surface area (Å²) in [5, 5.41) is 12.1. The number of carboxylic acid groups (broad SMARTS) is 1. The largest absolute Gasteiger partial charge is 0.480 e. The van der Waals surface area contributed by atoms with Gasteiger partial charge in [0.05, 0.1) is 17.1 Å². The van der Waals surface area contributed by atoms with E-state index in [2.05, 4.69) is 10.3 Å². The van der Waals surface area contributed by atoms with Crippen LogP contribution in [-0.2, 0) is 4.79 Å². The van der Waals surface area contributed by atoms with E-state index in [1.54, 1.807) is 6.07 Å². The highest BCUT2D eigenvalue weighted by atomic mass is 35.5. The third-order valence-corrected chi connectivity index (χ3v) is 4.03. The fraction of sp³-hybridized carbons (Fsp3) is 0.500. The van der Waals surface area contributed by atoms with Crippen LogP contribution >= 0.6 is 11.6 Å². The minimum Gasteiger partial charge on any atom is -0.480 e. The smallest absolute Gasteiger partial charge is 0.317 e. The molecule has 1 aliphatic rings. The van der Waals surface area contributed by atoms with Crippen molar-refractivity contribution in [1.29, 1.82) is 0 Å². The van der Waals surface area contributed by atoms with E-state index in [1.165, 1.54) is 12.4 Å². The number of hydrogen-bond acceptors (Lipinski definition) is 4. The molecular weight excluding hydrogens is 294 g/mol. The molecule has 2 N–H and O–H groups in total. The molecule has 1 heterocycles. The molecule has 7 heteroatoms. The number of aromatic nitrogens is 1. The molecule has 1 aromatic rings. The zero-order valence-electron chi connectivity index (χ0n) is 11.8. The molecule has 0 saturated heterocycles. The van der Waals surface area contributed by atoms with Crippen molar-refractivity contribution in [2.45, 2.75) is 31.8 Å². The summed E-state index contributed by atoms with van der Waals surface area (Å²) in [5.74, 6) is -1.04. The molecule has 0 aromatic carbocycles. The van der Waals surface area contributed by atoms with Gasteiger partial charge in [-0.2, -0.15) is 0 Å². The molecule has 1 saturated carbocycles. The molecule has 1 aliphatic carbocycles. The van der Waals surface area contributed by atoms with Crippen molar-refractivity contribution in [1.82, 2.24) is 15.2 Å². The SMILES string of the molecule is CCN(CC(=O)O)C1CC(NC(=O)c2ccncc2Cl)C1. The molecule has 0 bridgehead atoms. The summed E-state index contributed by atoms with van der Waals surface area (Å²) in [5.41, 5.74) is 0.410. The Labute approximate surface area is 128 Å². The Morgan fingerprint density at radius 1 is 1.52 bits per heavy atom. The van der Waals surface area contributed by atoms with E-state index >= 15 is 0 Å². The Morgan fingerprint density at radius 2 is 2.24 bits per heavy atom. The van der Waals surface area contributed by atoms with Crippen molar-refractivity contribution in [2.75, 3.05) is 13.1 Å². The Balaban J connectivity index is 1.84. The van der Waals surface area contributed by atoms with Gasteiger partial charge in [-0.25, -0.2) is 0 Å². The lowest BCUT2D eigenvalue weighted by molar-refractivity contribution is -0.139. The summed E-state index contributed by atoms with van der Waals surface area (Å²) < 4.78 is 0. The third kappa shape index (κ3) is 3.92. The molecule has 1 fully saturated rings. The number of carbonyl (C=O) groups excluding carboxylic acids is 1. The molecule has 0 spiro atoms. The van der Waals surface area contributed by atoms with Crippen LogP contribution in [0.2, 0.25) is 5.02 Å². The first-order chi connectivity index (χ1) is 10.0. The molecule has 21 heavy (non-hydrogen) atoms. The van der Waals surface area contributed by atoms with Gasteiger partial charge in [0.25, 0.3) is 5.91 Å². The van der Waals surface area contributed by atoms with Crippen molar-refractivity contribution >= 4 is 23.5 Å². The van der Waals surface area contributed by atoms with Crippen molar-refractivity contribution in [3.63, 3.8) is 0 Å². The van der Waals surface area contributed by atoms with Crippen LogP contribution in [0.5, 0.6) is 0 Å². The zero-order valence-corrected chi connectivity index (χ0v) is 12.5. The van der Waals surface area contributed by atoms with Gasteiger partial charge < -0.3 is 10.4 Å². The summed E-state index contributed by atoms with van der Waals surface area (Å²) in [7, 11) is 0. The highest BCUT2D eigenvalue weighted by Gasteiger charge is 2.34. The van der Waals surface area contributed by atoms with Gasteiger partial charge >= 0.3 is 5.97 Å². The van der Waals surface area contributed by atoms with E-state index in [-0.39, 0.29) is 24.5 Å². The minimum atomic E-state index is -0.826. The molecular formula is C14H18ClN3O3. The first-order valence-electron chi connectivity index (χ1n) is 6.87. The average Bonchev–Trinajstić information content (AvgIpc) is 2.40. The summed E-state index contributed by atoms with van der Waals surface area (Å²) in [6.07, 6.45) is 4.48. The molecule has 0 atom stereocenters. The van der Waals surface area contributed by atoms with E-state index in [0.29, 0.717) is 17.1 Å². The normalized spacial score (nSPS) is 20.9. The second-order valence-corrected chi connectivity index (χ2v) is 5.52. The molecule has 1 aromatic heterocycles. The number of pyridine rings is 1. The molecule has 0 aliphatic heterocycles. The minimum absolute atomic E-state index is 0.0397. The summed E-state index contributed by atoms with van der Waals surface area (Å²) in [6, 6.07) is 1.86. The van der Waals surface area contributed by atoms with Crippen molar-refractivity contribution in [3.05, 3.63) is 29.0 Å². The standard InChI is InChI=1S/C14H18ClN3O3/c1-2-18(8-13(19)20)10-5-9(6-10)17-14(21)11-3-4-16-7-12(11)15/h3-4,7,9-10H,2,5-6,8H2,1H3,(H,17,21)(H,19,20). The van der Waals surface area contributed by atoms with Gasteiger partial charge in [-0.15, -0.1) is 0 Å². The average molecular weight is 312 g/mol. The number of nitrogens with one attached hydrogen (secondary N) is 1. The Kier molecular flexibility index (Phi) is 5.14. The monoisotopic (exact) mass is 311 g/mol. The van der Waals surface area contributed by atoms with Gasteiger partial charge in [-0.3, -0.25) is 19.5 Å². The predicted molar refractivity (Wildman–Crippen MR) is 78.4 cm³/mol. The fourth-order valence-corrected chi connectivity index (χ4v) is 2.70. The quantitative estimate of drug-likeness (QED) is 0.830. The second-order valence-electron chi connectivity index (χ2n) is 5.11. The maximum atomic E-state index is 12.1. The fourth-order valence-electron chi connectivity index (χ4n) is 2.50. The van der Waals surface area contributed by atoms with Gasteiger partial charge in [0.15, 0.2) is 0 Å². The first-order valence-corrected chi connectivity index (χ1v) is 7.25. The van der Waals surface area contributed by atoms with Gasteiger partial charge in [0, 0.05) is 24.5 Å².